The molecule has 3 aromatic rings. The van der Waals surface area contributed by atoms with Crippen molar-refractivity contribution >= 4 is 32.9 Å². The maximum absolute atomic E-state index is 13.9. The highest BCUT2D eigenvalue weighted by Gasteiger charge is 2.15. The topological polar surface area (TPSA) is 47.2 Å². The number of imidazole rings is 1. The van der Waals surface area contributed by atoms with Crippen molar-refractivity contribution in [2.45, 2.75) is 19.5 Å². The average Bonchev–Trinajstić information content (AvgIpc) is 2.87. The maximum atomic E-state index is 13.9. The van der Waals surface area contributed by atoms with E-state index < -0.39 is 0 Å². The molecule has 1 aromatic heterocycles. The van der Waals surface area contributed by atoms with Crippen LogP contribution in [0.4, 0.5) is 4.39 Å². The van der Waals surface area contributed by atoms with Crippen molar-refractivity contribution in [1.82, 2.24) is 14.0 Å². The first-order valence-electron chi connectivity index (χ1n) is 8.20. The van der Waals surface area contributed by atoms with Crippen LogP contribution in [0.15, 0.2) is 51.7 Å². The van der Waals surface area contributed by atoms with E-state index in [4.69, 9.17) is 0 Å². The molecule has 0 saturated heterocycles. The first kappa shape index (κ1) is 18.4. The number of aryl methyl sites for hydroxylation is 2. The summed E-state index contributed by atoms with van der Waals surface area (Å²) in [5.41, 5.74) is 1.92. The summed E-state index contributed by atoms with van der Waals surface area (Å²) < 4.78 is 17.8. The zero-order valence-electron chi connectivity index (χ0n) is 14.6. The van der Waals surface area contributed by atoms with Gasteiger partial charge in [-0.1, -0.05) is 28.1 Å². The summed E-state index contributed by atoms with van der Waals surface area (Å²) in [4.78, 5) is 26.3. The average molecular weight is 420 g/mol. The highest BCUT2D eigenvalue weighted by atomic mass is 79.9. The Balaban J connectivity index is 1.72. The van der Waals surface area contributed by atoms with Crippen LogP contribution in [-0.2, 0) is 24.9 Å². The second kappa shape index (κ2) is 7.45. The Hall–Kier alpha value is -2.41. The minimum atomic E-state index is -0.349. The van der Waals surface area contributed by atoms with Crippen LogP contribution in [0.25, 0.3) is 11.0 Å². The first-order valence-corrected chi connectivity index (χ1v) is 9.00. The number of amides is 1. The number of hydrogen-bond acceptors (Lipinski definition) is 2. The number of nitrogens with zero attached hydrogens (tertiary/aromatic N) is 3. The van der Waals surface area contributed by atoms with E-state index in [1.54, 1.807) is 35.4 Å². The molecule has 0 bridgehead atoms. The summed E-state index contributed by atoms with van der Waals surface area (Å²) in [6.45, 7) is 0.457. The van der Waals surface area contributed by atoms with Crippen LogP contribution < -0.4 is 5.69 Å². The first-order chi connectivity index (χ1) is 12.4. The van der Waals surface area contributed by atoms with Gasteiger partial charge >= 0.3 is 5.69 Å². The zero-order valence-corrected chi connectivity index (χ0v) is 16.2. The van der Waals surface area contributed by atoms with Crippen LogP contribution in [-0.4, -0.2) is 27.0 Å². The second-order valence-corrected chi connectivity index (χ2v) is 7.13. The number of para-hydroxylation sites is 2. The third kappa shape index (κ3) is 3.58. The van der Waals surface area contributed by atoms with E-state index in [0.717, 1.165) is 15.5 Å². The molecule has 0 radical (unpaired) electrons. The highest BCUT2D eigenvalue weighted by molar-refractivity contribution is 9.10. The predicted molar refractivity (Wildman–Crippen MR) is 102 cm³/mol. The molecule has 1 heterocycles. The normalized spacial score (nSPS) is 11.1. The molecule has 136 valence electrons. The standard InChI is InChI=1S/C19H19BrFN3O2/c1-22(12-13-11-14(20)7-8-15(13)21)18(25)9-10-24-17-6-4-3-5-16(17)23(2)19(24)26/h3-8,11H,9-10,12H2,1-2H3. The van der Waals surface area contributed by atoms with E-state index in [2.05, 4.69) is 15.9 Å². The highest BCUT2D eigenvalue weighted by Crippen LogP contribution is 2.17. The Kier molecular flexibility index (Phi) is 5.27. The van der Waals surface area contributed by atoms with Gasteiger partial charge in [0.05, 0.1) is 11.0 Å². The molecule has 2 aromatic carbocycles. The lowest BCUT2D eigenvalue weighted by Crippen LogP contribution is -2.29. The van der Waals surface area contributed by atoms with Crippen molar-refractivity contribution in [1.29, 1.82) is 0 Å². The van der Waals surface area contributed by atoms with Crippen molar-refractivity contribution in [3.63, 3.8) is 0 Å². The molecule has 5 nitrogen and oxygen atoms in total. The van der Waals surface area contributed by atoms with Crippen molar-refractivity contribution in [3.05, 3.63) is 68.8 Å². The molecule has 0 N–H and O–H groups in total. The monoisotopic (exact) mass is 419 g/mol. The van der Waals surface area contributed by atoms with Gasteiger partial charge in [0.2, 0.25) is 5.91 Å². The summed E-state index contributed by atoms with van der Waals surface area (Å²) in [6, 6.07) is 12.1. The van der Waals surface area contributed by atoms with E-state index in [1.807, 2.05) is 24.3 Å². The van der Waals surface area contributed by atoms with E-state index in [-0.39, 0.29) is 36.9 Å². The fourth-order valence-corrected chi connectivity index (χ4v) is 3.39. The van der Waals surface area contributed by atoms with Crippen LogP contribution in [0.3, 0.4) is 0 Å². The molecule has 0 aliphatic heterocycles. The quantitative estimate of drug-likeness (QED) is 0.636. The summed E-state index contributed by atoms with van der Waals surface area (Å²) >= 11 is 3.31. The third-order valence-corrected chi connectivity index (χ3v) is 4.94. The van der Waals surface area contributed by atoms with Gasteiger partial charge in [0.15, 0.2) is 0 Å². The number of benzene rings is 2. The lowest BCUT2D eigenvalue weighted by Gasteiger charge is -2.18. The molecule has 0 spiro atoms. The lowest BCUT2D eigenvalue weighted by atomic mass is 10.2. The Labute approximate surface area is 158 Å². The van der Waals surface area contributed by atoms with Gasteiger partial charge in [-0.3, -0.25) is 13.9 Å². The molecule has 0 aliphatic rings. The molecule has 0 aliphatic carbocycles. The van der Waals surface area contributed by atoms with E-state index in [1.165, 1.54) is 11.0 Å². The van der Waals surface area contributed by atoms with Crippen LogP contribution >= 0.6 is 15.9 Å². The molecule has 3 rings (SSSR count). The van der Waals surface area contributed by atoms with Crippen LogP contribution in [0.5, 0.6) is 0 Å². The van der Waals surface area contributed by atoms with Crippen LogP contribution in [0.2, 0.25) is 0 Å². The minimum absolute atomic E-state index is 0.149. The van der Waals surface area contributed by atoms with Gasteiger partial charge in [0, 0.05) is 43.6 Å². The maximum Gasteiger partial charge on any atom is 0.328 e. The summed E-state index contributed by atoms with van der Waals surface area (Å²) in [7, 11) is 3.35. The number of rotatable bonds is 5. The predicted octanol–water partition coefficient (Wildman–Crippen LogP) is 3.29. The Morgan fingerprint density at radius 1 is 1.19 bits per heavy atom. The lowest BCUT2D eigenvalue weighted by molar-refractivity contribution is -0.130. The van der Waals surface area contributed by atoms with E-state index in [0.29, 0.717) is 5.56 Å². The van der Waals surface area contributed by atoms with Gasteiger partial charge in [-0.05, 0) is 30.3 Å². The number of fused-ring (bicyclic) bond motifs is 1. The third-order valence-electron chi connectivity index (χ3n) is 4.44. The van der Waals surface area contributed by atoms with Gasteiger partial charge in [0.1, 0.15) is 5.82 Å². The summed E-state index contributed by atoms with van der Waals surface area (Å²) in [5.74, 6) is -0.498. The van der Waals surface area contributed by atoms with Gasteiger partial charge in [-0.15, -0.1) is 0 Å². The van der Waals surface area contributed by atoms with Crippen molar-refractivity contribution < 1.29 is 9.18 Å². The van der Waals surface area contributed by atoms with Gasteiger partial charge < -0.3 is 4.90 Å². The molecule has 26 heavy (non-hydrogen) atoms. The van der Waals surface area contributed by atoms with Gasteiger partial charge in [0.25, 0.3) is 0 Å². The minimum Gasteiger partial charge on any atom is -0.341 e. The Morgan fingerprint density at radius 3 is 2.62 bits per heavy atom. The van der Waals surface area contributed by atoms with Gasteiger partial charge in [-0.2, -0.15) is 0 Å². The van der Waals surface area contributed by atoms with Crippen LogP contribution in [0, 0.1) is 5.82 Å². The number of carbonyl (C=O) groups is 1. The fraction of sp³-hybridized carbons (Fsp3) is 0.263. The fourth-order valence-electron chi connectivity index (χ4n) is 2.99. The summed E-state index contributed by atoms with van der Waals surface area (Å²) in [6.07, 6.45) is 0.167. The number of aromatic nitrogens is 2. The molecule has 7 heteroatoms. The van der Waals surface area contributed by atoms with Gasteiger partial charge in [-0.25, -0.2) is 9.18 Å². The van der Waals surface area contributed by atoms with E-state index >= 15 is 0 Å². The smallest absolute Gasteiger partial charge is 0.328 e. The molecular weight excluding hydrogens is 401 g/mol. The van der Waals surface area contributed by atoms with Crippen molar-refractivity contribution in [2.24, 2.45) is 7.05 Å². The second-order valence-electron chi connectivity index (χ2n) is 6.22. The van der Waals surface area contributed by atoms with Crippen molar-refractivity contribution in [3.8, 4) is 0 Å². The molecule has 0 saturated carbocycles. The molecular formula is C19H19BrFN3O2. The SMILES string of the molecule is CN(Cc1cc(Br)ccc1F)C(=O)CCn1c(=O)n(C)c2ccccc21. The van der Waals surface area contributed by atoms with Crippen LogP contribution in [0.1, 0.15) is 12.0 Å². The Morgan fingerprint density at radius 2 is 1.88 bits per heavy atom. The molecule has 0 atom stereocenters. The number of carbonyl (C=O) groups excluding carboxylic acids is 1. The van der Waals surface area contributed by atoms with E-state index in [9.17, 15) is 14.0 Å². The molecule has 0 unspecified atom stereocenters. The molecule has 1 amide bonds. The molecule has 0 fully saturated rings. The largest absolute Gasteiger partial charge is 0.341 e. The Bertz CT molecular complexity index is 1030. The summed E-state index contributed by atoms with van der Waals surface area (Å²) in [5, 5.41) is 0. The number of halogens is 2. The van der Waals surface area contributed by atoms with Crippen molar-refractivity contribution in [2.75, 3.05) is 7.05 Å². The number of hydrogen-bond donors (Lipinski definition) is 0. The zero-order chi connectivity index (χ0) is 18.8.